The fourth-order valence-electron chi connectivity index (χ4n) is 3.17. The fourth-order valence-corrected chi connectivity index (χ4v) is 3.17. The summed E-state index contributed by atoms with van der Waals surface area (Å²) in [7, 11) is 1.46. The van der Waals surface area contributed by atoms with Crippen LogP contribution in [0.5, 0.6) is 0 Å². The third-order valence-electron chi connectivity index (χ3n) is 4.43. The smallest absolute Gasteiger partial charge is 0.315 e. The zero-order valence-corrected chi connectivity index (χ0v) is 11.8. The highest BCUT2D eigenvalue weighted by Gasteiger charge is 2.43. The molecule has 0 amide bonds. The highest BCUT2D eigenvalue weighted by atomic mass is 16.5. The monoisotopic (exact) mass is 271 g/mol. The van der Waals surface area contributed by atoms with Gasteiger partial charge in [0.25, 0.3) is 0 Å². The molecule has 19 heavy (non-hydrogen) atoms. The van der Waals surface area contributed by atoms with Crippen molar-refractivity contribution in [3.8, 4) is 0 Å². The zero-order valence-electron chi connectivity index (χ0n) is 11.8. The van der Waals surface area contributed by atoms with Crippen LogP contribution < -0.4 is 0 Å². The average Bonchev–Trinajstić information content (AvgIpc) is 2.48. The summed E-state index contributed by atoms with van der Waals surface area (Å²) in [4.78, 5) is 14.4. The number of carbonyl (C=O) groups is 1. The minimum atomic E-state index is -0.487. The Morgan fingerprint density at radius 2 is 2.21 bits per heavy atom. The Bertz CT molecular complexity index is 294. The van der Waals surface area contributed by atoms with Crippen LogP contribution in [0.15, 0.2) is 0 Å². The normalized spacial score (nSPS) is 30.2. The van der Waals surface area contributed by atoms with E-state index in [0.717, 1.165) is 51.9 Å². The van der Waals surface area contributed by atoms with Crippen molar-refractivity contribution in [2.24, 2.45) is 11.3 Å². The van der Waals surface area contributed by atoms with Crippen LogP contribution in [0.1, 0.15) is 25.7 Å². The third-order valence-corrected chi connectivity index (χ3v) is 4.43. The molecule has 0 bridgehead atoms. The summed E-state index contributed by atoms with van der Waals surface area (Å²) in [5.41, 5.74) is -0.487. The van der Waals surface area contributed by atoms with Gasteiger partial charge in [-0.25, -0.2) is 0 Å². The summed E-state index contributed by atoms with van der Waals surface area (Å²) < 4.78 is 10.5. The minimum absolute atomic E-state index is 0.142. The number of hydrogen-bond acceptors (Lipinski definition) is 5. The van der Waals surface area contributed by atoms with Crippen molar-refractivity contribution in [3.05, 3.63) is 0 Å². The van der Waals surface area contributed by atoms with Gasteiger partial charge in [0.2, 0.25) is 0 Å². The number of ether oxygens (including phenoxy) is 2. The van der Waals surface area contributed by atoms with Crippen LogP contribution in [0, 0.1) is 11.3 Å². The van der Waals surface area contributed by atoms with Crippen molar-refractivity contribution in [1.29, 1.82) is 0 Å². The van der Waals surface area contributed by atoms with Crippen LogP contribution in [-0.2, 0) is 14.3 Å². The molecule has 0 aromatic rings. The van der Waals surface area contributed by atoms with Crippen molar-refractivity contribution in [3.63, 3.8) is 0 Å². The Labute approximate surface area is 114 Å². The van der Waals surface area contributed by atoms with E-state index < -0.39 is 5.41 Å². The molecule has 0 aromatic carbocycles. The molecular formula is C14H25NO4. The van der Waals surface area contributed by atoms with Gasteiger partial charge in [0.05, 0.1) is 13.7 Å². The molecule has 1 atom stereocenters. The Balaban J connectivity index is 1.95. The number of hydrogen-bond donors (Lipinski definition) is 1. The highest BCUT2D eigenvalue weighted by Crippen LogP contribution is 2.32. The van der Waals surface area contributed by atoms with Gasteiger partial charge in [0.1, 0.15) is 5.41 Å². The molecule has 0 aromatic heterocycles. The maximum Gasteiger partial charge on any atom is 0.315 e. The maximum absolute atomic E-state index is 12.1. The second-order valence-corrected chi connectivity index (χ2v) is 5.83. The first kappa shape index (κ1) is 14.8. The van der Waals surface area contributed by atoms with E-state index in [0.29, 0.717) is 12.5 Å². The lowest BCUT2D eigenvalue weighted by Crippen LogP contribution is -2.50. The molecule has 0 saturated carbocycles. The van der Waals surface area contributed by atoms with Gasteiger partial charge in [-0.1, -0.05) is 0 Å². The molecule has 1 unspecified atom stereocenters. The molecule has 0 spiro atoms. The van der Waals surface area contributed by atoms with Crippen LogP contribution in [0.3, 0.4) is 0 Å². The van der Waals surface area contributed by atoms with Crippen LogP contribution in [0.25, 0.3) is 0 Å². The molecule has 2 saturated heterocycles. The number of esters is 1. The summed E-state index contributed by atoms with van der Waals surface area (Å²) in [6.45, 7) is 4.11. The molecule has 2 rings (SSSR count). The van der Waals surface area contributed by atoms with Gasteiger partial charge in [-0.2, -0.15) is 0 Å². The quantitative estimate of drug-likeness (QED) is 0.761. The SMILES string of the molecule is COC(=O)C1(CN2CCC(CO)CC2)CCCOC1. The Morgan fingerprint density at radius 3 is 2.74 bits per heavy atom. The molecule has 5 nitrogen and oxygen atoms in total. The Hall–Kier alpha value is -0.650. The van der Waals surface area contributed by atoms with Gasteiger partial charge in [-0.15, -0.1) is 0 Å². The molecule has 2 heterocycles. The lowest BCUT2D eigenvalue weighted by molar-refractivity contribution is -0.163. The van der Waals surface area contributed by atoms with Crippen LogP contribution >= 0.6 is 0 Å². The summed E-state index contributed by atoms with van der Waals surface area (Å²) in [6, 6.07) is 0. The van der Waals surface area contributed by atoms with Gasteiger partial charge in [0, 0.05) is 19.8 Å². The van der Waals surface area contributed by atoms with Crippen molar-refractivity contribution in [1.82, 2.24) is 4.90 Å². The highest BCUT2D eigenvalue weighted by molar-refractivity contribution is 5.77. The zero-order chi connectivity index (χ0) is 13.7. The molecule has 2 fully saturated rings. The molecule has 5 heteroatoms. The number of aliphatic hydroxyl groups excluding tert-OH is 1. The van der Waals surface area contributed by atoms with Gasteiger partial charge in [-0.05, 0) is 44.7 Å². The van der Waals surface area contributed by atoms with E-state index in [-0.39, 0.29) is 12.6 Å². The predicted octanol–water partition coefficient (Wildman–Crippen LogP) is 0.660. The van der Waals surface area contributed by atoms with E-state index >= 15 is 0 Å². The number of aliphatic hydroxyl groups is 1. The molecule has 110 valence electrons. The number of carbonyl (C=O) groups excluding carboxylic acids is 1. The molecule has 0 radical (unpaired) electrons. The molecule has 1 N–H and O–H groups in total. The summed E-state index contributed by atoms with van der Waals surface area (Å²) in [6.07, 6.45) is 3.78. The van der Waals surface area contributed by atoms with Crippen LogP contribution in [0.2, 0.25) is 0 Å². The molecule has 0 aliphatic carbocycles. The van der Waals surface area contributed by atoms with Gasteiger partial charge in [0.15, 0.2) is 0 Å². The summed E-state index contributed by atoms with van der Waals surface area (Å²) in [5.74, 6) is 0.282. The lowest BCUT2D eigenvalue weighted by Gasteiger charge is -2.40. The minimum Gasteiger partial charge on any atom is -0.468 e. The van der Waals surface area contributed by atoms with Gasteiger partial charge >= 0.3 is 5.97 Å². The van der Waals surface area contributed by atoms with Gasteiger partial charge in [-0.3, -0.25) is 4.79 Å². The lowest BCUT2D eigenvalue weighted by atomic mass is 9.81. The fraction of sp³-hybridized carbons (Fsp3) is 0.929. The van der Waals surface area contributed by atoms with Crippen molar-refractivity contribution < 1.29 is 19.4 Å². The maximum atomic E-state index is 12.1. The second kappa shape index (κ2) is 6.68. The van der Waals surface area contributed by atoms with Crippen molar-refractivity contribution in [2.45, 2.75) is 25.7 Å². The number of piperidine rings is 1. The summed E-state index contributed by atoms with van der Waals surface area (Å²) >= 11 is 0. The predicted molar refractivity (Wildman–Crippen MR) is 70.8 cm³/mol. The van der Waals surface area contributed by atoms with E-state index in [9.17, 15) is 4.79 Å². The van der Waals surface area contributed by atoms with E-state index in [2.05, 4.69) is 4.90 Å². The van der Waals surface area contributed by atoms with Crippen molar-refractivity contribution in [2.75, 3.05) is 46.6 Å². The standard InChI is InChI=1S/C14H25NO4/c1-18-13(17)14(5-2-8-19-11-14)10-15-6-3-12(9-16)4-7-15/h12,16H,2-11H2,1H3. The number of likely N-dealkylation sites (tertiary alicyclic amines) is 1. The molecular weight excluding hydrogens is 246 g/mol. The first-order valence-electron chi connectivity index (χ1n) is 7.19. The average molecular weight is 271 g/mol. The number of methoxy groups -OCH3 is 1. The third kappa shape index (κ3) is 3.46. The topological polar surface area (TPSA) is 59.0 Å². The van der Waals surface area contributed by atoms with Crippen LogP contribution in [0.4, 0.5) is 0 Å². The number of rotatable bonds is 4. The van der Waals surface area contributed by atoms with E-state index in [4.69, 9.17) is 14.6 Å². The van der Waals surface area contributed by atoms with E-state index in [1.165, 1.54) is 7.11 Å². The largest absolute Gasteiger partial charge is 0.468 e. The first-order chi connectivity index (χ1) is 9.20. The molecule has 2 aliphatic heterocycles. The van der Waals surface area contributed by atoms with Crippen molar-refractivity contribution >= 4 is 5.97 Å². The number of nitrogens with zero attached hydrogens (tertiary/aromatic N) is 1. The van der Waals surface area contributed by atoms with Gasteiger partial charge < -0.3 is 19.5 Å². The molecule has 2 aliphatic rings. The first-order valence-corrected chi connectivity index (χ1v) is 7.19. The summed E-state index contributed by atoms with van der Waals surface area (Å²) in [5, 5.41) is 9.16. The van der Waals surface area contributed by atoms with E-state index in [1.54, 1.807) is 0 Å². The Kier molecular flexibility index (Phi) is 5.19. The Morgan fingerprint density at radius 1 is 1.47 bits per heavy atom. The van der Waals surface area contributed by atoms with Crippen LogP contribution in [-0.4, -0.2) is 62.5 Å². The second-order valence-electron chi connectivity index (χ2n) is 5.83. The van der Waals surface area contributed by atoms with E-state index in [1.807, 2.05) is 0 Å².